The molecular weight excluding hydrogens is 368 g/mol. The molecule has 2 aromatic carbocycles. The predicted molar refractivity (Wildman–Crippen MR) is 107 cm³/mol. The van der Waals surface area contributed by atoms with Crippen LogP contribution in [0.5, 0.6) is 5.75 Å². The molecule has 26 heavy (non-hydrogen) atoms. The Morgan fingerprint density at radius 2 is 1.88 bits per heavy atom. The lowest BCUT2D eigenvalue weighted by molar-refractivity contribution is 0.306. The van der Waals surface area contributed by atoms with E-state index in [4.69, 9.17) is 28.6 Å². The van der Waals surface area contributed by atoms with Crippen molar-refractivity contribution in [2.24, 2.45) is 5.10 Å². The summed E-state index contributed by atoms with van der Waals surface area (Å²) in [5.41, 5.74) is 2.01. The lowest BCUT2D eigenvalue weighted by Crippen LogP contribution is -2.01. The highest BCUT2D eigenvalue weighted by Crippen LogP contribution is 2.16. The Labute approximate surface area is 162 Å². The molecule has 5 nitrogen and oxygen atoms in total. The van der Waals surface area contributed by atoms with Crippen LogP contribution in [0.2, 0.25) is 5.02 Å². The molecule has 134 valence electrons. The van der Waals surface area contributed by atoms with E-state index in [9.17, 15) is 0 Å². The van der Waals surface area contributed by atoms with Gasteiger partial charge in [-0.05, 0) is 59.7 Å². The SMILES string of the molecule is CC(C)c1n[nH]c(=S)n1/N=C\c1ccc(OCc2ccc(Cl)cc2)cc1. The minimum atomic E-state index is 0.226. The molecule has 0 saturated heterocycles. The molecule has 3 rings (SSSR count). The molecule has 0 bridgehead atoms. The van der Waals surface area contributed by atoms with Crippen molar-refractivity contribution in [3.05, 3.63) is 75.3 Å². The molecule has 0 aliphatic heterocycles. The monoisotopic (exact) mass is 386 g/mol. The summed E-state index contributed by atoms with van der Waals surface area (Å²) < 4.78 is 7.91. The van der Waals surface area contributed by atoms with Gasteiger partial charge in [-0.2, -0.15) is 14.9 Å². The Bertz CT molecular complexity index is 943. The Morgan fingerprint density at radius 1 is 1.19 bits per heavy atom. The van der Waals surface area contributed by atoms with E-state index in [0.717, 1.165) is 27.7 Å². The number of H-pyrrole nitrogens is 1. The molecular formula is C19H19ClN4OS. The van der Waals surface area contributed by atoms with E-state index >= 15 is 0 Å². The summed E-state index contributed by atoms with van der Waals surface area (Å²) in [5.74, 6) is 1.82. The van der Waals surface area contributed by atoms with Gasteiger partial charge in [-0.3, -0.25) is 5.10 Å². The number of hydrogen-bond donors (Lipinski definition) is 1. The summed E-state index contributed by atoms with van der Waals surface area (Å²) >= 11 is 11.1. The fraction of sp³-hybridized carbons (Fsp3) is 0.211. The van der Waals surface area contributed by atoms with Crippen LogP contribution in [-0.4, -0.2) is 21.1 Å². The highest BCUT2D eigenvalue weighted by molar-refractivity contribution is 7.71. The second-order valence-electron chi connectivity index (χ2n) is 6.08. The van der Waals surface area contributed by atoms with Gasteiger partial charge in [0.25, 0.3) is 0 Å². The third-order valence-corrected chi connectivity index (χ3v) is 4.23. The van der Waals surface area contributed by atoms with Gasteiger partial charge < -0.3 is 4.74 Å². The summed E-state index contributed by atoms with van der Waals surface area (Å²) in [6.07, 6.45) is 1.75. The summed E-state index contributed by atoms with van der Waals surface area (Å²) in [6, 6.07) is 15.3. The quantitative estimate of drug-likeness (QED) is 0.469. The molecule has 0 aliphatic carbocycles. The minimum absolute atomic E-state index is 0.226. The Balaban J connectivity index is 1.65. The van der Waals surface area contributed by atoms with Crippen LogP contribution in [0.25, 0.3) is 0 Å². The van der Waals surface area contributed by atoms with Crippen molar-refractivity contribution in [3.63, 3.8) is 0 Å². The van der Waals surface area contributed by atoms with E-state index in [1.165, 1.54) is 0 Å². The van der Waals surface area contributed by atoms with Gasteiger partial charge in [-0.1, -0.05) is 37.6 Å². The summed E-state index contributed by atoms with van der Waals surface area (Å²) in [4.78, 5) is 0. The average Bonchev–Trinajstić information content (AvgIpc) is 3.01. The molecule has 0 aliphatic rings. The predicted octanol–water partition coefficient (Wildman–Crippen LogP) is 5.18. The van der Waals surface area contributed by atoms with E-state index in [1.54, 1.807) is 10.9 Å². The number of nitrogens with zero attached hydrogens (tertiary/aromatic N) is 3. The van der Waals surface area contributed by atoms with Gasteiger partial charge in [-0.15, -0.1) is 0 Å². The molecule has 0 radical (unpaired) electrons. The van der Waals surface area contributed by atoms with Gasteiger partial charge in [0.1, 0.15) is 12.4 Å². The Hall–Kier alpha value is -2.44. The zero-order valence-electron chi connectivity index (χ0n) is 14.5. The number of rotatable bonds is 6. The number of hydrogen-bond acceptors (Lipinski definition) is 4. The molecule has 0 saturated carbocycles. The lowest BCUT2D eigenvalue weighted by atomic mass is 10.2. The first kappa shape index (κ1) is 18.4. The van der Waals surface area contributed by atoms with Gasteiger partial charge in [0.15, 0.2) is 5.82 Å². The van der Waals surface area contributed by atoms with Gasteiger partial charge >= 0.3 is 0 Å². The van der Waals surface area contributed by atoms with Crippen molar-refractivity contribution in [1.29, 1.82) is 0 Å². The van der Waals surface area contributed by atoms with Gasteiger partial charge in [-0.25, -0.2) is 0 Å². The molecule has 1 heterocycles. The molecule has 1 aromatic heterocycles. The maximum Gasteiger partial charge on any atom is 0.216 e. The molecule has 3 aromatic rings. The summed E-state index contributed by atoms with van der Waals surface area (Å²) in [6.45, 7) is 4.58. The number of aromatic amines is 1. The topological polar surface area (TPSA) is 55.2 Å². The maximum atomic E-state index is 5.88. The zero-order chi connectivity index (χ0) is 18.5. The first-order valence-electron chi connectivity index (χ1n) is 8.22. The fourth-order valence-electron chi connectivity index (χ4n) is 2.31. The van der Waals surface area contributed by atoms with Gasteiger partial charge in [0.05, 0.1) is 6.21 Å². The van der Waals surface area contributed by atoms with Crippen LogP contribution in [0.1, 0.15) is 36.7 Å². The normalized spacial score (nSPS) is 11.4. The molecule has 0 fully saturated rings. The van der Waals surface area contributed by atoms with Crippen molar-refractivity contribution >= 4 is 30.0 Å². The van der Waals surface area contributed by atoms with Crippen LogP contribution in [0.4, 0.5) is 0 Å². The molecule has 0 atom stereocenters. The van der Waals surface area contributed by atoms with Crippen molar-refractivity contribution in [2.45, 2.75) is 26.4 Å². The second-order valence-corrected chi connectivity index (χ2v) is 6.91. The van der Waals surface area contributed by atoms with Crippen LogP contribution >= 0.6 is 23.8 Å². The lowest BCUT2D eigenvalue weighted by Gasteiger charge is -2.07. The van der Waals surface area contributed by atoms with Crippen molar-refractivity contribution in [1.82, 2.24) is 14.9 Å². The highest BCUT2D eigenvalue weighted by atomic mass is 35.5. The average molecular weight is 387 g/mol. The molecule has 7 heteroatoms. The Kier molecular flexibility index (Phi) is 5.85. The van der Waals surface area contributed by atoms with Gasteiger partial charge in [0, 0.05) is 10.9 Å². The standard InChI is InChI=1S/C19H19ClN4OS/c1-13(2)18-22-23-19(26)24(18)21-11-14-5-9-17(10-6-14)25-12-15-3-7-16(20)8-4-15/h3-11,13H,12H2,1-2H3,(H,23,26)/b21-11-. The third-order valence-electron chi connectivity index (χ3n) is 3.71. The van der Waals surface area contributed by atoms with E-state index in [1.807, 2.05) is 62.4 Å². The number of halogens is 1. The smallest absolute Gasteiger partial charge is 0.216 e. The van der Waals surface area contributed by atoms with Gasteiger partial charge in [0.2, 0.25) is 4.77 Å². The van der Waals surface area contributed by atoms with E-state index < -0.39 is 0 Å². The summed E-state index contributed by atoms with van der Waals surface area (Å²) in [7, 11) is 0. The number of ether oxygens (including phenoxy) is 1. The first-order valence-corrected chi connectivity index (χ1v) is 9.00. The molecule has 0 spiro atoms. The Morgan fingerprint density at radius 3 is 2.54 bits per heavy atom. The summed E-state index contributed by atoms with van der Waals surface area (Å²) in [5, 5.41) is 12.1. The zero-order valence-corrected chi connectivity index (χ0v) is 16.1. The minimum Gasteiger partial charge on any atom is -0.489 e. The van der Waals surface area contributed by atoms with E-state index in [2.05, 4.69) is 15.3 Å². The largest absolute Gasteiger partial charge is 0.489 e. The van der Waals surface area contributed by atoms with Crippen molar-refractivity contribution in [3.8, 4) is 5.75 Å². The van der Waals surface area contributed by atoms with E-state index in [-0.39, 0.29) is 5.92 Å². The van der Waals surface area contributed by atoms with Crippen LogP contribution in [-0.2, 0) is 6.61 Å². The first-order chi connectivity index (χ1) is 12.5. The van der Waals surface area contributed by atoms with Crippen molar-refractivity contribution in [2.75, 3.05) is 0 Å². The second kappa shape index (κ2) is 8.29. The highest BCUT2D eigenvalue weighted by Gasteiger charge is 2.08. The fourth-order valence-corrected chi connectivity index (χ4v) is 2.62. The number of nitrogens with one attached hydrogen (secondary N) is 1. The molecule has 1 N–H and O–H groups in total. The maximum absolute atomic E-state index is 5.88. The third kappa shape index (κ3) is 4.59. The van der Waals surface area contributed by atoms with Crippen molar-refractivity contribution < 1.29 is 4.74 Å². The van der Waals surface area contributed by atoms with Crippen LogP contribution < -0.4 is 4.74 Å². The number of benzene rings is 2. The molecule has 0 amide bonds. The van der Waals surface area contributed by atoms with Crippen LogP contribution in [0, 0.1) is 4.77 Å². The molecule has 0 unspecified atom stereocenters. The van der Waals surface area contributed by atoms with Crippen LogP contribution in [0.3, 0.4) is 0 Å². The number of aromatic nitrogens is 3. The van der Waals surface area contributed by atoms with E-state index in [0.29, 0.717) is 11.4 Å². The van der Waals surface area contributed by atoms with Crippen LogP contribution in [0.15, 0.2) is 53.6 Å².